The zero-order valence-corrected chi connectivity index (χ0v) is 12.7. The highest BCUT2D eigenvalue weighted by Crippen LogP contribution is 2.68. The first-order valence-corrected chi connectivity index (χ1v) is 7.33. The van der Waals surface area contributed by atoms with Crippen molar-refractivity contribution in [3.05, 3.63) is 0 Å². The van der Waals surface area contributed by atoms with E-state index in [1.54, 1.807) is 0 Å². The molecule has 0 aromatic carbocycles. The summed E-state index contributed by atoms with van der Waals surface area (Å²) in [5.41, 5.74) is 0.714. The lowest BCUT2D eigenvalue weighted by Crippen LogP contribution is -2.38. The second-order valence-electron chi connectivity index (χ2n) is 7.04. The fraction of sp³-hybridized carbons (Fsp3) is 0.933. The quantitative estimate of drug-likeness (QED) is 0.834. The van der Waals surface area contributed by atoms with E-state index in [1.807, 2.05) is 0 Å². The summed E-state index contributed by atoms with van der Waals surface area (Å²) in [5.74, 6) is 0.934. The van der Waals surface area contributed by atoms with Crippen molar-refractivity contribution in [2.24, 2.45) is 16.7 Å². The second-order valence-corrected chi connectivity index (χ2v) is 7.04. The average molecular weight is 252 g/mol. The van der Waals surface area contributed by atoms with Gasteiger partial charge in [-0.05, 0) is 29.6 Å². The third-order valence-electron chi connectivity index (χ3n) is 5.84. The molecule has 0 spiro atoms. The predicted octanol–water partition coefficient (Wildman–Crippen LogP) is 2.62. The molecule has 1 saturated heterocycles. The van der Waals surface area contributed by atoms with Gasteiger partial charge in [-0.2, -0.15) is 0 Å². The third-order valence-corrected chi connectivity index (χ3v) is 5.84. The molecule has 2 rings (SSSR count). The zero-order chi connectivity index (χ0) is 13.7. The Bertz CT molecular complexity index is 334. The summed E-state index contributed by atoms with van der Waals surface area (Å²) < 4.78 is 0. The summed E-state index contributed by atoms with van der Waals surface area (Å²) in [7, 11) is 0. The molecule has 1 heterocycles. The molecule has 0 bridgehead atoms. The molecular weight excluding hydrogens is 224 g/mol. The van der Waals surface area contributed by atoms with Crippen LogP contribution in [-0.4, -0.2) is 29.6 Å². The molecule has 1 aliphatic heterocycles. The Morgan fingerprint density at radius 3 is 2.06 bits per heavy atom. The first kappa shape index (κ1) is 13.9. The molecule has 1 N–H and O–H groups in total. The van der Waals surface area contributed by atoms with Crippen molar-refractivity contribution in [2.75, 3.05) is 6.54 Å². The number of carbonyl (C=O) groups excluding carboxylic acids is 1. The molecule has 0 aromatic heterocycles. The van der Waals surface area contributed by atoms with Crippen LogP contribution in [0, 0.1) is 16.7 Å². The Morgan fingerprint density at radius 1 is 1.11 bits per heavy atom. The summed E-state index contributed by atoms with van der Waals surface area (Å²) in [6.07, 6.45) is 2.13. The van der Waals surface area contributed by atoms with E-state index >= 15 is 0 Å². The van der Waals surface area contributed by atoms with E-state index in [-0.39, 0.29) is 12.2 Å². The zero-order valence-electron chi connectivity index (χ0n) is 12.7. The topological polar surface area (TPSA) is 32.3 Å². The van der Waals surface area contributed by atoms with Crippen LogP contribution in [0.25, 0.3) is 0 Å². The van der Waals surface area contributed by atoms with Gasteiger partial charge in [0.15, 0.2) is 0 Å². The standard InChI is InChI=1S/C15H28N2O/c1-7-10-13(18)17(12(8-2)16-10)9-11-14(3,4)15(11,5)6/h10-12,16H,7-9H2,1-6H3. The van der Waals surface area contributed by atoms with Crippen LogP contribution in [0.1, 0.15) is 54.4 Å². The largest absolute Gasteiger partial charge is 0.325 e. The number of nitrogens with zero attached hydrogens (tertiary/aromatic N) is 1. The summed E-state index contributed by atoms with van der Waals surface area (Å²) in [4.78, 5) is 14.4. The molecule has 18 heavy (non-hydrogen) atoms. The van der Waals surface area contributed by atoms with Crippen LogP contribution in [0.5, 0.6) is 0 Å². The van der Waals surface area contributed by atoms with Crippen molar-refractivity contribution in [2.45, 2.75) is 66.6 Å². The fourth-order valence-electron chi connectivity index (χ4n) is 3.58. The monoisotopic (exact) mass is 252 g/mol. The highest BCUT2D eigenvalue weighted by molar-refractivity contribution is 5.84. The van der Waals surface area contributed by atoms with Gasteiger partial charge in [0.1, 0.15) is 0 Å². The van der Waals surface area contributed by atoms with Gasteiger partial charge in [-0.1, -0.05) is 41.5 Å². The number of amides is 1. The maximum atomic E-state index is 12.4. The van der Waals surface area contributed by atoms with E-state index < -0.39 is 0 Å². The lowest BCUT2D eigenvalue weighted by Gasteiger charge is -2.24. The molecular formula is C15H28N2O. The van der Waals surface area contributed by atoms with Crippen LogP contribution in [0.15, 0.2) is 0 Å². The molecule has 104 valence electrons. The van der Waals surface area contributed by atoms with Gasteiger partial charge in [-0.25, -0.2) is 0 Å². The smallest absolute Gasteiger partial charge is 0.241 e. The first-order chi connectivity index (χ1) is 8.27. The van der Waals surface area contributed by atoms with Gasteiger partial charge < -0.3 is 4.90 Å². The Morgan fingerprint density at radius 2 is 1.67 bits per heavy atom. The highest BCUT2D eigenvalue weighted by Gasteiger charge is 2.65. The molecule has 0 radical (unpaired) electrons. The Balaban J connectivity index is 2.07. The Kier molecular flexibility index (Phi) is 3.25. The molecule has 3 heteroatoms. The van der Waals surface area contributed by atoms with Crippen LogP contribution in [0.3, 0.4) is 0 Å². The van der Waals surface area contributed by atoms with E-state index in [2.05, 4.69) is 51.8 Å². The number of hydrogen-bond donors (Lipinski definition) is 1. The molecule has 1 aliphatic carbocycles. The fourth-order valence-corrected chi connectivity index (χ4v) is 3.58. The van der Waals surface area contributed by atoms with Crippen molar-refractivity contribution in [3.8, 4) is 0 Å². The molecule has 1 saturated carbocycles. The molecule has 2 atom stereocenters. The maximum Gasteiger partial charge on any atom is 0.241 e. The van der Waals surface area contributed by atoms with Crippen molar-refractivity contribution in [3.63, 3.8) is 0 Å². The van der Waals surface area contributed by atoms with Crippen LogP contribution in [-0.2, 0) is 4.79 Å². The molecule has 0 aromatic rings. The van der Waals surface area contributed by atoms with Gasteiger partial charge in [0.2, 0.25) is 5.91 Å². The molecule has 3 nitrogen and oxygen atoms in total. The maximum absolute atomic E-state index is 12.4. The average Bonchev–Trinajstić information content (AvgIpc) is 2.59. The number of nitrogens with one attached hydrogen (secondary N) is 1. The van der Waals surface area contributed by atoms with Gasteiger partial charge in [0.25, 0.3) is 0 Å². The lowest BCUT2D eigenvalue weighted by atomic mass is 10.0. The highest BCUT2D eigenvalue weighted by atomic mass is 16.2. The number of hydrogen-bond acceptors (Lipinski definition) is 2. The van der Waals surface area contributed by atoms with Crippen LogP contribution < -0.4 is 5.32 Å². The van der Waals surface area contributed by atoms with E-state index in [9.17, 15) is 4.79 Å². The SMILES string of the molecule is CCC1NC(CC)N(CC2C(C)(C)C2(C)C)C1=O. The van der Waals surface area contributed by atoms with Crippen LogP contribution in [0.4, 0.5) is 0 Å². The van der Waals surface area contributed by atoms with Crippen LogP contribution in [0.2, 0.25) is 0 Å². The first-order valence-electron chi connectivity index (χ1n) is 7.33. The van der Waals surface area contributed by atoms with Crippen molar-refractivity contribution in [1.29, 1.82) is 0 Å². The molecule has 2 fully saturated rings. The van der Waals surface area contributed by atoms with Crippen LogP contribution >= 0.6 is 0 Å². The van der Waals surface area contributed by atoms with Gasteiger partial charge >= 0.3 is 0 Å². The minimum Gasteiger partial charge on any atom is -0.325 e. The third kappa shape index (κ3) is 1.78. The van der Waals surface area contributed by atoms with Crippen molar-refractivity contribution < 1.29 is 4.79 Å². The molecule has 2 aliphatic rings. The van der Waals surface area contributed by atoms with Gasteiger partial charge in [-0.3, -0.25) is 10.1 Å². The van der Waals surface area contributed by atoms with Crippen molar-refractivity contribution in [1.82, 2.24) is 10.2 Å². The van der Waals surface area contributed by atoms with Gasteiger partial charge in [0.05, 0.1) is 12.2 Å². The van der Waals surface area contributed by atoms with Crippen molar-refractivity contribution >= 4 is 5.91 Å². The van der Waals surface area contributed by atoms with E-state index in [0.29, 0.717) is 22.7 Å². The Labute approximate surface area is 111 Å². The van der Waals surface area contributed by atoms with E-state index in [0.717, 1.165) is 19.4 Å². The summed E-state index contributed by atoms with van der Waals surface area (Å²) in [6, 6.07) is 0.0416. The summed E-state index contributed by atoms with van der Waals surface area (Å²) in [5, 5.41) is 3.45. The number of rotatable bonds is 4. The summed E-state index contributed by atoms with van der Waals surface area (Å²) in [6.45, 7) is 14.4. The number of carbonyl (C=O) groups is 1. The van der Waals surface area contributed by atoms with E-state index in [4.69, 9.17) is 0 Å². The van der Waals surface area contributed by atoms with E-state index in [1.165, 1.54) is 0 Å². The second kappa shape index (κ2) is 4.22. The van der Waals surface area contributed by atoms with Gasteiger partial charge in [-0.15, -0.1) is 0 Å². The normalized spacial score (nSPS) is 34.1. The Hall–Kier alpha value is -0.570. The molecule has 1 amide bonds. The minimum atomic E-state index is 0.0416. The lowest BCUT2D eigenvalue weighted by molar-refractivity contribution is -0.130. The van der Waals surface area contributed by atoms with Gasteiger partial charge in [0, 0.05) is 6.54 Å². The molecule has 2 unspecified atom stereocenters. The predicted molar refractivity (Wildman–Crippen MR) is 74.1 cm³/mol. The minimum absolute atomic E-state index is 0.0416. The summed E-state index contributed by atoms with van der Waals surface area (Å²) >= 11 is 0.